The van der Waals surface area contributed by atoms with E-state index in [1.165, 1.54) is 11.3 Å². The Labute approximate surface area is 127 Å². The van der Waals surface area contributed by atoms with Crippen molar-refractivity contribution < 1.29 is 4.79 Å². The maximum Gasteiger partial charge on any atom is 0.267 e. The summed E-state index contributed by atoms with van der Waals surface area (Å²) in [6, 6.07) is 6.13. The third kappa shape index (κ3) is 3.30. The van der Waals surface area contributed by atoms with Crippen molar-refractivity contribution in [3.63, 3.8) is 0 Å². The van der Waals surface area contributed by atoms with E-state index < -0.39 is 0 Å². The van der Waals surface area contributed by atoms with Crippen LogP contribution in [0.2, 0.25) is 0 Å². The van der Waals surface area contributed by atoms with Gasteiger partial charge in [0.1, 0.15) is 10.7 Å². The summed E-state index contributed by atoms with van der Waals surface area (Å²) >= 11 is 1.32. The van der Waals surface area contributed by atoms with E-state index in [1.807, 2.05) is 18.2 Å². The molecule has 21 heavy (non-hydrogen) atoms. The van der Waals surface area contributed by atoms with E-state index in [1.54, 1.807) is 18.1 Å². The number of hydrogen-bond donors (Lipinski definition) is 2. The molecule has 6 nitrogen and oxygen atoms in total. The highest BCUT2D eigenvalue weighted by Gasteiger charge is 2.25. The molecule has 1 saturated carbocycles. The second-order valence-electron chi connectivity index (χ2n) is 5.13. The number of carbonyl (C=O) groups is 1. The van der Waals surface area contributed by atoms with Crippen LogP contribution in [0.15, 0.2) is 24.4 Å². The Morgan fingerprint density at radius 3 is 3.00 bits per heavy atom. The van der Waals surface area contributed by atoms with E-state index in [0.717, 1.165) is 23.7 Å². The predicted octanol–water partition coefficient (Wildman–Crippen LogP) is 1.97. The Morgan fingerprint density at radius 1 is 1.52 bits per heavy atom. The molecule has 1 amide bonds. The van der Waals surface area contributed by atoms with Crippen molar-refractivity contribution >= 4 is 28.2 Å². The number of carbonyl (C=O) groups excluding carboxylic acids is 1. The molecule has 0 unspecified atom stereocenters. The molecule has 110 valence electrons. The van der Waals surface area contributed by atoms with E-state index in [4.69, 9.17) is 5.73 Å². The van der Waals surface area contributed by atoms with Gasteiger partial charge in [-0.05, 0) is 25.0 Å². The molecule has 2 aromatic rings. The van der Waals surface area contributed by atoms with Crippen LogP contribution in [0, 0.1) is 0 Å². The topological polar surface area (TPSA) is 84.1 Å². The van der Waals surface area contributed by atoms with Gasteiger partial charge in [0.05, 0.1) is 12.2 Å². The first-order chi connectivity index (χ1) is 10.1. The summed E-state index contributed by atoms with van der Waals surface area (Å²) < 4.78 is 0. The van der Waals surface area contributed by atoms with Gasteiger partial charge in [-0.2, -0.15) is 0 Å². The molecule has 0 saturated heterocycles. The number of hydrogen-bond acceptors (Lipinski definition) is 6. The highest BCUT2D eigenvalue weighted by atomic mass is 32.1. The number of nitrogens with two attached hydrogens (primary N) is 1. The number of nitrogens with one attached hydrogen (secondary N) is 1. The molecule has 7 heteroatoms. The Balaban J connectivity index is 1.70. The van der Waals surface area contributed by atoms with Gasteiger partial charge in [-0.3, -0.25) is 9.78 Å². The molecule has 0 aliphatic heterocycles. The summed E-state index contributed by atoms with van der Waals surface area (Å²) in [4.78, 5) is 23.0. The third-order valence-corrected chi connectivity index (χ3v) is 4.21. The molecule has 3 N–H and O–H groups in total. The van der Waals surface area contributed by atoms with Crippen LogP contribution in [0.1, 0.15) is 28.2 Å². The lowest BCUT2D eigenvalue weighted by Gasteiger charge is -2.15. The fourth-order valence-electron chi connectivity index (χ4n) is 1.93. The third-order valence-electron chi connectivity index (χ3n) is 3.22. The fraction of sp³-hybridized carbons (Fsp3) is 0.357. The van der Waals surface area contributed by atoms with Gasteiger partial charge in [0.15, 0.2) is 5.13 Å². The Hall–Kier alpha value is -2.15. The number of nitrogen functional groups attached to an aromatic ring is 1. The fourth-order valence-corrected chi connectivity index (χ4v) is 2.89. The highest BCUT2D eigenvalue weighted by Crippen LogP contribution is 2.31. The molecular formula is C14H17N5OS. The molecule has 0 bridgehead atoms. The van der Waals surface area contributed by atoms with Crippen LogP contribution in [-0.4, -0.2) is 33.9 Å². The summed E-state index contributed by atoms with van der Waals surface area (Å²) in [6.07, 6.45) is 4.02. The minimum absolute atomic E-state index is 0.125. The molecule has 2 aromatic heterocycles. The van der Waals surface area contributed by atoms with Crippen LogP contribution in [0.25, 0.3) is 0 Å². The summed E-state index contributed by atoms with van der Waals surface area (Å²) in [6.45, 7) is 0.447. The van der Waals surface area contributed by atoms with Gasteiger partial charge in [-0.1, -0.05) is 17.4 Å². The Morgan fingerprint density at radius 2 is 2.33 bits per heavy atom. The van der Waals surface area contributed by atoms with Gasteiger partial charge in [0.2, 0.25) is 0 Å². The first-order valence-corrected chi connectivity index (χ1v) is 7.63. The quantitative estimate of drug-likeness (QED) is 0.882. The van der Waals surface area contributed by atoms with Crippen molar-refractivity contribution in [3.8, 4) is 0 Å². The first kappa shape index (κ1) is 13.8. The van der Waals surface area contributed by atoms with Crippen LogP contribution >= 0.6 is 11.3 Å². The maximum atomic E-state index is 12.4. The van der Waals surface area contributed by atoms with Crippen LogP contribution < -0.4 is 11.1 Å². The van der Waals surface area contributed by atoms with Gasteiger partial charge >= 0.3 is 0 Å². The minimum Gasteiger partial charge on any atom is -0.382 e. The molecule has 0 aromatic carbocycles. The SMILES string of the molecule is CN(Cc1ccccn1)C(=O)c1sc(NC2CC2)nc1N. The zero-order valence-corrected chi connectivity index (χ0v) is 12.6. The summed E-state index contributed by atoms with van der Waals surface area (Å²) in [5.74, 6) is 0.167. The molecule has 0 spiro atoms. The monoisotopic (exact) mass is 303 g/mol. The number of anilines is 2. The van der Waals surface area contributed by atoms with Crippen LogP contribution in [0.5, 0.6) is 0 Å². The van der Waals surface area contributed by atoms with Crippen LogP contribution in [0.3, 0.4) is 0 Å². The van der Waals surface area contributed by atoms with Gasteiger partial charge < -0.3 is 16.0 Å². The standard InChI is InChI=1S/C14H17N5OS/c1-19(8-10-4-2-3-7-16-10)13(20)11-12(15)18-14(21-11)17-9-5-6-9/h2-4,7,9H,5-6,8,15H2,1H3,(H,17,18). The van der Waals surface area contributed by atoms with Gasteiger partial charge in [0.25, 0.3) is 5.91 Å². The maximum absolute atomic E-state index is 12.4. The number of nitrogens with zero attached hydrogens (tertiary/aromatic N) is 3. The second kappa shape index (κ2) is 5.69. The number of pyridine rings is 1. The zero-order valence-electron chi connectivity index (χ0n) is 11.7. The number of thiazole rings is 1. The van der Waals surface area contributed by atoms with Crippen molar-refractivity contribution in [1.82, 2.24) is 14.9 Å². The van der Waals surface area contributed by atoms with Crippen molar-refractivity contribution in [3.05, 3.63) is 35.0 Å². The first-order valence-electron chi connectivity index (χ1n) is 6.81. The van der Waals surface area contributed by atoms with E-state index >= 15 is 0 Å². The minimum atomic E-state index is -0.125. The van der Waals surface area contributed by atoms with Gasteiger partial charge in [-0.15, -0.1) is 0 Å². The van der Waals surface area contributed by atoms with E-state index in [0.29, 0.717) is 23.3 Å². The second-order valence-corrected chi connectivity index (χ2v) is 6.13. The smallest absolute Gasteiger partial charge is 0.267 e. The molecule has 1 aliphatic rings. The van der Waals surface area contributed by atoms with Crippen molar-refractivity contribution in [1.29, 1.82) is 0 Å². The lowest BCUT2D eigenvalue weighted by molar-refractivity contribution is 0.0789. The van der Waals surface area contributed by atoms with E-state index in [9.17, 15) is 4.79 Å². The molecule has 2 heterocycles. The summed E-state index contributed by atoms with van der Waals surface area (Å²) in [5.41, 5.74) is 6.71. The zero-order chi connectivity index (χ0) is 14.8. The number of rotatable bonds is 5. The van der Waals surface area contributed by atoms with Crippen LogP contribution in [-0.2, 0) is 6.54 Å². The Kier molecular flexibility index (Phi) is 3.74. The molecule has 0 atom stereocenters. The molecule has 1 fully saturated rings. The van der Waals surface area contributed by atoms with Gasteiger partial charge in [-0.25, -0.2) is 4.98 Å². The average molecular weight is 303 g/mol. The van der Waals surface area contributed by atoms with Crippen molar-refractivity contribution in [2.24, 2.45) is 0 Å². The van der Waals surface area contributed by atoms with Crippen molar-refractivity contribution in [2.75, 3.05) is 18.1 Å². The lowest BCUT2D eigenvalue weighted by atomic mass is 10.3. The lowest BCUT2D eigenvalue weighted by Crippen LogP contribution is -2.26. The number of amides is 1. The van der Waals surface area contributed by atoms with E-state index in [2.05, 4.69) is 15.3 Å². The summed E-state index contributed by atoms with van der Waals surface area (Å²) in [5, 5.41) is 3.99. The molecule has 3 rings (SSSR count). The predicted molar refractivity (Wildman–Crippen MR) is 83.2 cm³/mol. The summed E-state index contributed by atoms with van der Waals surface area (Å²) in [7, 11) is 1.74. The van der Waals surface area contributed by atoms with E-state index in [-0.39, 0.29) is 5.91 Å². The largest absolute Gasteiger partial charge is 0.382 e. The number of aromatic nitrogens is 2. The van der Waals surface area contributed by atoms with Gasteiger partial charge in [0, 0.05) is 19.3 Å². The normalized spacial score (nSPS) is 14.0. The molecule has 0 radical (unpaired) electrons. The van der Waals surface area contributed by atoms with Crippen LogP contribution in [0.4, 0.5) is 10.9 Å². The Bertz CT molecular complexity index is 638. The van der Waals surface area contributed by atoms with Crippen molar-refractivity contribution in [2.45, 2.75) is 25.4 Å². The average Bonchev–Trinajstić information content (AvgIpc) is 3.21. The molecular weight excluding hydrogens is 286 g/mol. The highest BCUT2D eigenvalue weighted by molar-refractivity contribution is 7.18. The molecule has 1 aliphatic carbocycles.